The number of rotatable bonds is 15. The number of fused-ring (bicyclic) bond motifs is 4. The maximum absolute atomic E-state index is 12.5. The number of carbonyl (C=O) groups is 2. The van der Waals surface area contributed by atoms with E-state index in [1.807, 2.05) is 26.0 Å². The largest absolute Gasteiger partial charge is 0.496 e. The number of carbonyl (C=O) groups excluding carboxylic acids is 2. The molecule has 6 rings (SSSR count). The molecule has 14 nitrogen and oxygen atoms in total. The molecule has 0 spiro atoms. The normalized spacial score (nSPS) is 18.5. The van der Waals surface area contributed by atoms with Crippen molar-refractivity contribution >= 4 is 33.5 Å². The number of hydrogen-bond donors (Lipinski definition) is 0. The fourth-order valence-electron chi connectivity index (χ4n) is 8.86. The summed E-state index contributed by atoms with van der Waals surface area (Å²) in [5.74, 6) is 3.25. The van der Waals surface area contributed by atoms with Crippen molar-refractivity contribution in [3.05, 3.63) is 34.4 Å². The van der Waals surface area contributed by atoms with Crippen LogP contribution in [0.2, 0.25) is 0 Å². The van der Waals surface area contributed by atoms with Gasteiger partial charge in [0.25, 0.3) is 0 Å². The molecule has 2 aliphatic rings. The number of methoxy groups -OCH3 is 8. The molecule has 2 aliphatic heterocycles. The minimum Gasteiger partial charge on any atom is -0.496 e. The fourth-order valence-corrected chi connectivity index (χ4v) is 8.86. The van der Waals surface area contributed by atoms with E-state index in [0.717, 1.165) is 22.3 Å². The molecule has 4 aromatic carbocycles. The first-order valence-corrected chi connectivity index (χ1v) is 19.3. The first-order chi connectivity index (χ1) is 28.0. The molecule has 0 aliphatic carbocycles. The topological polar surface area (TPSA) is 145 Å². The van der Waals surface area contributed by atoms with Crippen LogP contribution in [0.4, 0.5) is 0 Å². The summed E-state index contributed by atoms with van der Waals surface area (Å²) in [5, 5.41) is 2.40. The minimum atomic E-state index is -0.491. The summed E-state index contributed by atoms with van der Waals surface area (Å²) in [7, 11) is 12.7. The lowest BCUT2D eigenvalue weighted by Crippen LogP contribution is -2.29. The standard InChI is InChI=1S/C44H54O14/c1-13-55-31(45)17-23-15-27-33(21(3)57-23)43(53-11)37-35(41(27)51-9)29(47-5)19-25(39(37)49-7)26-20-30(48-6)36-38(40(26)50-8)44(54-12)34-22(4)58-24(18-32(46)56-14-2)16-28(34)42(36)52-10/h19-24H,13-18H2,1-12H3. The molecule has 14 heteroatoms. The summed E-state index contributed by atoms with van der Waals surface area (Å²) in [5.41, 5.74) is 4.38. The monoisotopic (exact) mass is 806 g/mol. The Balaban J connectivity index is 1.67. The van der Waals surface area contributed by atoms with Crippen LogP contribution < -0.4 is 37.9 Å². The second-order valence-electron chi connectivity index (χ2n) is 14.0. The number of ether oxygens (including phenoxy) is 12. The Morgan fingerprint density at radius 1 is 0.517 bits per heavy atom. The third-order valence-corrected chi connectivity index (χ3v) is 10.9. The van der Waals surface area contributed by atoms with E-state index in [2.05, 4.69) is 0 Å². The lowest BCUT2D eigenvalue weighted by molar-refractivity contribution is -0.149. The first kappa shape index (κ1) is 42.3. The average molecular weight is 807 g/mol. The molecule has 58 heavy (non-hydrogen) atoms. The second-order valence-corrected chi connectivity index (χ2v) is 14.0. The van der Waals surface area contributed by atoms with E-state index in [0.29, 0.717) is 91.5 Å². The molecule has 0 radical (unpaired) electrons. The molecule has 4 aromatic rings. The Bertz CT molecular complexity index is 2060. The zero-order chi connectivity index (χ0) is 42.0. The zero-order valence-corrected chi connectivity index (χ0v) is 35.4. The van der Waals surface area contributed by atoms with Gasteiger partial charge >= 0.3 is 11.9 Å². The highest BCUT2D eigenvalue weighted by atomic mass is 16.5. The van der Waals surface area contributed by atoms with Gasteiger partial charge in [-0.15, -0.1) is 0 Å². The van der Waals surface area contributed by atoms with Crippen molar-refractivity contribution in [2.75, 3.05) is 70.1 Å². The van der Waals surface area contributed by atoms with E-state index < -0.39 is 24.4 Å². The summed E-state index contributed by atoms with van der Waals surface area (Å²) < 4.78 is 73.1. The predicted molar refractivity (Wildman–Crippen MR) is 216 cm³/mol. The second kappa shape index (κ2) is 17.7. The van der Waals surface area contributed by atoms with Crippen molar-refractivity contribution in [2.24, 2.45) is 0 Å². The summed E-state index contributed by atoms with van der Waals surface area (Å²) in [6.45, 7) is 7.94. The lowest BCUT2D eigenvalue weighted by atomic mass is 9.85. The smallest absolute Gasteiger partial charge is 0.308 e. The van der Waals surface area contributed by atoms with E-state index >= 15 is 0 Å². The molecular formula is C44H54O14. The third kappa shape index (κ3) is 7.10. The highest BCUT2D eigenvalue weighted by Crippen LogP contribution is 2.59. The van der Waals surface area contributed by atoms with Gasteiger partial charge in [0.05, 0.1) is 129 Å². The van der Waals surface area contributed by atoms with Crippen LogP contribution in [0.3, 0.4) is 0 Å². The minimum absolute atomic E-state index is 0.0840. The van der Waals surface area contributed by atoms with Gasteiger partial charge in [0.15, 0.2) is 0 Å². The Morgan fingerprint density at radius 3 is 1.16 bits per heavy atom. The summed E-state index contributed by atoms with van der Waals surface area (Å²) >= 11 is 0. The van der Waals surface area contributed by atoms with E-state index in [9.17, 15) is 9.59 Å². The first-order valence-electron chi connectivity index (χ1n) is 19.3. The van der Waals surface area contributed by atoms with Crippen LogP contribution in [0.5, 0.6) is 46.0 Å². The molecule has 0 bridgehead atoms. The Labute approximate surface area is 338 Å². The van der Waals surface area contributed by atoms with Crippen molar-refractivity contribution in [1.82, 2.24) is 0 Å². The molecule has 314 valence electrons. The molecule has 4 unspecified atom stereocenters. The van der Waals surface area contributed by atoms with Crippen LogP contribution in [-0.2, 0) is 41.4 Å². The van der Waals surface area contributed by atoms with Gasteiger partial charge in [0.2, 0.25) is 0 Å². The molecule has 0 saturated heterocycles. The van der Waals surface area contributed by atoms with Crippen LogP contribution in [0, 0.1) is 0 Å². The molecule has 2 heterocycles. The Morgan fingerprint density at radius 2 is 0.862 bits per heavy atom. The van der Waals surface area contributed by atoms with Gasteiger partial charge in [-0.2, -0.15) is 0 Å². The molecule has 4 atom stereocenters. The van der Waals surface area contributed by atoms with E-state index in [1.54, 1.807) is 70.7 Å². The van der Waals surface area contributed by atoms with Crippen LogP contribution in [-0.4, -0.2) is 94.2 Å². The van der Waals surface area contributed by atoms with Gasteiger partial charge in [-0.3, -0.25) is 9.59 Å². The van der Waals surface area contributed by atoms with Crippen molar-refractivity contribution in [1.29, 1.82) is 0 Å². The van der Waals surface area contributed by atoms with Crippen molar-refractivity contribution in [3.8, 4) is 57.1 Å². The number of esters is 2. The SMILES string of the molecule is CCOC(=O)CC1Cc2c(c(OC)c3c(OC)c(-c4cc(OC)c5c(OC)c6c(c(OC)c5c4OC)C(C)OC(CC(=O)OCC)C6)cc(OC)c3c2OC)C(C)O1. The van der Waals surface area contributed by atoms with Gasteiger partial charge in [0, 0.05) is 46.2 Å². The molecule has 0 aromatic heterocycles. The quantitative estimate of drug-likeness (QED) is 0.109. The molecule has 0 saturated carbocycles. The maximum Gasteiger partial charge on any atom is 0.308 e. The third-order valence-electron chi connectivity index (χ3n) is 10.9. The highest BCUT2D eigenvalue weighted by Gasteiger charge is 2.39. The Hall–Kier alpha value is -5.34. The van der Waals surface area contributed by atoms with Crippen LogP contribution >= 0.6 is 0 Å². The van der Waals surface area contributed by atoms with Crippen molar-refractivity contribution < 1.29 is 66.4 Å². The van der Waals surface area contributed by atoms with E-state index in [-0.39, 0.29) is 38.0 Å². The fraction of sp³-hybridized carbons (Fsp3) is 0.500. The van der Waals surface area contributed by atoms with Crippen LogP contribution in [0.15, 0.2) is 12.1 Å². The predicted octanol–water partition coefficient (Wildman–Crippen LogP) is 7.64. The van der Waals surface area contributed by atoms with Crippen molar-refractivity contribution in [2.45, 2.75) is 77.8 Å². The molecule has 0 N–H and O–H groups in total. The molecule has 0 fully saturated rings. The van der Waals surface area contributed by atoms with Crippen LogP contribution in [0.25, 0.3) is 32.7 Å². The number of benzene rings is 4. The van der Waals surface area contributed by atoms with Gasteiger partial charge in [-0.1, -0.05) is 0 Å². The van der Waals surface area contributed by atoms with E-state index in [4.69, 9.17) is 56.8 Å². The van der Waals surface area contributed by atoms with Gasteiger partial charge in [-0.25, -0.2) is 0 Å². The van der Waals surface area contributed by atoms with Crippen molar-refractivity contribution in [3.63, 3.8) is 0 Å². The van der Waals surface area contributed by atoms with Gasteiger partial charge in [-0.05, 0) is 39.8 Å². The highest BCUT2D eigenvalue weighted by molar-refractivity contribution is 6.12. The zero-order valence-electron chi connectivity index (χ0n) is 35.4. The maximum atomic E-state index is 12.5. The Kier molecular flexibility index (Phi) is 12.9. The van der Waals surface area contributed by atoms with E-state index in [1.165, 1.54) is 0 Å². The molecular weight excluding hydrogens is 752 g/mol. The summed E-state index contributed by atoms with van der Waals surface area (Å²) in [6.07, 6.45) is -0.975. The van der Waals surface area contributed by atoms with Gasteiger partial charge < -0.3 is 56.8 Å². The molecule has 0 amide bonds. The van der Waals surface area contributed by atoms with Gasteiger partial charge in [0.1, 0.15) is 46.0 Å². The summed E-state index contributed by atoms with van der Waals surface area (Å²) in [6, 6.07) is 3.73. The van der Waals surface area contributed by atoms with Crippen LogP contribution in [0.1, 0.15) is 75.0 Å². The average Bonchev–Trinajstić information content (AvgIpc) is 3.20. The number of hydrogen-bond acceptors (Lipinski definition) is 14. The summed E-state index contributed by atoms with van der Waals surface area (Å²) in [4.78, 5) is 25.1. The lowest BCUT2D eigenvalue weighted by Gasteiger charge is -2.34.